The first kappa shape index (κ1) is 11.4. The Hall–Kier alpha value is -0.0900. The van der Waals surface area contributed by atoms with E-state index in [1.165, 1.54) is 24.1 Å². The van der Waals surface area contributed by atoms with Crippen molar-refractivity contribution in [1.29, 1.82) is 0 Å². The Bertz CT molecular complexity index is 297. The molecule has 1 aliphatic carbocycles. The summed E-state index contributed by atoms with van der Waals surface area (Å²) in [6, 6.07) is 2.79. The second-order valence-electron chi connectivity index (χ2n) is 3.95. The molecule has 1 aromatic rings. The fourth-order valence-corrected chi connectivity index (χ4v) is 2.53. The summed E-state index contributed by atoms with van der Waals surface area (Å²) >= 11 is 7.71. The second-order valence-corrected chi connectivity index (χ2v) is 5.36. The van der Waals surface area contributed by atoms with Gasteiger partial charge in [-0.05, 0) is 43.8 Å². The zero-order valence-electron chi connectivity index (χ0n) is 8.76. The van der Waals surface area contributed by atoms with E-state index in [1.54, 1.807) is 11.3 Å². The van der Waals surface area contributed by atoms with Crippen LogP contribution in [0.3, 0.4) is 0 Å². The topological polar surface area (TPSA) is 24.1 Å². The molecule has 2 N–H and O–H groups in total. The molecule has 0 saturated heterocycles. The summed E-state index contributed by atoms with van der Waals surface area (Å²) in [5.41, 5.74) is 0. The zero-order chi connectivity index (χ0) is 10.5. The number of nitrogens with one attached hydrogen (secondary N) is 2. The first-order valence-corrected chi connectivity index (χ1v) is 6.78. The molecule has 1 aromatic heterocycles. The van der Waals surface area contributed by atoms with Crippen LogP contribution >= 0.6 is 22.9 Å². The summed E-state index contributed by atoms with van der Waals surface area (Å²) in [6.07, 6.45) is 3.94. The number of thiophene rings is 1. The summed E-state index contributed by atoms with van der Waals surface area (Å²) < 4.78 is 0. The Kier molecular flexibility index (Phi) is 4.44. The van der Waals surface area contributed by atoms with Gasteiger partial charge in [-0.2, -0.15) is 0 Å². The number of hydrogen-bond acceptors (Lipinski definition) is 3. The lowest BCUT2D eigenvalue weighted by atomic mass is 10.4. The van der Waals surface area contributed by atoms with Gasteiger partial charge in [0.05, 0.1) is 5.02 Å². The van der Waals surface area contributed by atoms with Crippen molar-refractivity contribution < 1.29 is 0 Å². The van der Waals surface area contributed by atoms with Gasteiger partial charge in [-0.25, -0.2) is 0 Å². The van der Waals surface area contributed by atoms with Gasteiger partial charge in [0.15, 0.2) is 0 Å². The van der Waals surface area contributed by atoms with Crippen molar-refractivity contribution in [2.45, 2.75) is 31.8 Å². The van der Waals surface area contributed by atoms with E-state index < -0.39 is 0 Å². The van der Waals surface area contributed by atoms with Crippen molar-refractivity contribution in [1.82, 2.24) is 10.6 Å². The van der Waals surface area contributed by atoms with Crippen molar-refractivity contribution in [2.24, 2.45) is 0 Å². The molecule has 84 valence electrons. The fraction of sp³-hybridized carbons (Fsp3) is 0.636. The lowest BCUT2D eigenvalue weighted by Crippen LogP contribution is -2.22. The molecule has 1 saturated carbocycles. The van der Waals surface area contributed by atoms with Gasteiger partial charge in [-0.3, -0.25) is 0 Å². The molecule has 2 nitrogen and oxygen atoms in total. The van der Waals surface area contributed by atoms with Gasteiger partial charge >= 0.3 is 0 Å². The van der Waals surface area contributed by atoms with Crippen LogP contribution in [0.25, 0.3) is 0 Å². The van der Waals surface area contributed by atoms with E-state index in [2.05, 4.69) is 10.6 Å². The summed E-state index contributed by atoms with van der Waals surface area (Å²) in [7, 11) is 0. The monoisotopic (exact) mass is 244 g/mol. The molecule has 0 aromatic carbocycles. The molecule has 15 heavy (non-hydrogen) atoms. The Balaban J connectivity index is 1.49. The molecular formula is C11H17ClN2S. The summed E-state index contributed by atoms with van der Waals surface area (Å²) in [5.74, 6) is 0. The van der Waals surface area contributed by atoms with Crippen LogP contribution in [0, 0.1) is 0 Å². The maximum atomic E-state index is 5.99. The van der Waals surface area contributed by atoms with Crippen LogP contribution in [0.2, 0.25) is 5.02 Å². The summed E-state index contributed by atoms with van der Waals surface area (Å²) in [5, 5.41) is 9.83. The lowest BCUT2D eigenvalue weighted by Gasteiger charge is -2.04. The molecule has 1 aliphatic rings. The van der Waals surface area contributed by atoms with E-state index in [1.807, 2.05) is 11.4 Å². The minimum absolute atomic E-state index is 0.830. The number of hydrogen-bond donors (Lipinski definition) is 2. The van der Waals surface area contributed by atoms with Gasteiger partial charge in [0.25, 0.3) is 0 Å². The molecule has 1 fully saturated rings. The van der Waals surface area contributed by atoms with Gasteiger partial charge in [-0.15, -0.1) is 11.3 Å². The highest BCUT2D eigenvalue weighted by atomic mass is 35.5. The molecule has 4 heteroatoms. The zero-order valence-corrected chi connectivity index (χ0v) is 10.3. The van der Waals surface area contributed by atoms with Gasteiger partial charge in [0.1, 0.15) is 0 Å². The molecular weight excluding hydrogens is 228 g/mol. The molecule has 0 spiro atoms. The van der Waals surface area contributed by atoms with Gasteiger partial charge in [0.2, 0.25) is 0 Å². The first-order chi connectivity index (χ1) is 7.36. The average molecular weight is 245 g/mol. The Morgan fingerprint density at radius 2 is 2.27 bits per heavy atom. The van der Waals surface area contributed by atoms with E-state index in [9.17, 15) is 0 Å². The third kappa shape index (κ3) is 4.11. The van der Waals surface area contributed by atoms with Crippen molar-refractivity contribution in [3.63, 3.8) is 0 Å². The fourth-order valence-electron chi connectivity index (χ4n) is 1.46. The predicted molar refractivity (Wildman–Crippen MR) is 66.7 cm³/mol. The second kappa shape index (κ2) is 5.85. The first-order valence-electron chi connectivity index (χ1n) is 5.52. The van der Waals surface area contributed by atoms with Crippen molar-refractivity contribution in [3.8, 4) is 0 Å². The summed E-state index contributed by atoms with van der Waals surface area (Å²) in [6.45, 7) is 3.10. The van der Waals surface area contributed by atoms with Crippen LogP contribution in [0.5, 0.6) is 0 Å². The Labute approximate surface area is 100 Å². The molecule has 0 bridgehead atoms. The van der Waals surface area contributed by atoms with Gasteiger partial charge < -0.3 is 10.6 Å². The van der Waals surface area contributed by atoms with Crippen LogP contribution in [0.4, 0.5) is 0 Å². The van der Waals surface area contributed by atoms with Crippen LogP contribution in [0.1, 0.15) is 24.1 Å². The smallest absolute Gasteiger partial charge is 0.0558 e. The van der Waals surface area contributed by atoms with Crippen LogP contribution in [0.15, 0.2) is 11.4 Å². The highest BCUT2D eigenvalue weighted by Crippen LogP contribution is 2.21. The van der Waals surface area contributed by atoms with Crippen molar-refractivity contribution >= 4 is 22.9 Å². The summed E-state index contributed by atoms with van der Waals surface area (Å²) in [4.78, 5) is 1.24. The molecule has 0 radical (unpaired) electrons. The quantitative estimate of drug-likeness (QED) is 0.721. The van der Waals surface area contributed by atoms with E-state index in [-0.39, 0.29) is 0 Å². The molecule has 1 heterocycles. The van der Waals surface area contributed by atoms with Crippen molar-refractivity contribution in [3.05, 3.63) is 21.3 Å². The molecule has 0 atom stereocenters. The predicted octanol–water partition coefficient (Wildman–Crippen LogP) is 2.63. The standard InChI is InChI=1S/C11H17ClN2S/c12-10-4-7-15-11(10)8-13-5-1-6-14-9-2-3-9/h4,7,9,13-14H,1-3,5-6,8H2. The van der Waals surface area contributed by atoms with Crippen LogP contribution in [-0.4, -0.2) is 19.1 Å². The van der Waals surface area contributed by atoms with Gasteiger partial charge in [-0.1, -0.05) is 11.6 Å². The van der Waals surface area contributed by atoms with Crippen LogP contribution < -0.4 is 10.6 Å². The molecule has 2 rings (SSSR count). The van der Waals surface area contributed by atoms with Crippen LogP contribution in [-0.2, 0) is 6.54 Å². The number of rotatable bonds is 7. The average Bonchev–Trinajstić information content (AvgIpc) is 2.96. The van der Waals surface area contributed by atoms with Gasteiger partial charge in [0, 0.05) is 17.5 Å². The SMILES string of the molecule is Clc1ccsc1CNCCCNC1CC1. The molecule has 0 amide bonds. The van der Waals surface area contributed by atoms with E-state index in [0.717, 1.165) is 30.7 Å². The Morgan fingerprint density at radius 1 is 1.40 bits per heavy atom. The van der Waals surface area contributed by atoms with Crippen molar-refractivity contribution in [2.75, 3.05) is 13.1 Å². The third-order valence-electron chi connectivity index (χ3n) is 2.52. The minimum atomic E-state index is 0.830. The van der Waals surface area contributed by atoms with E-state index >= 15 is 0 Å². The minimum Gasteiger partial charge on any atom is -0.314 e. The van der Waals surface area contributed by atoms with E-state index in [0.29, 0.717) is 0 Å². The maximum Gasteiger partial charge on any atom is 0.0558 e. The molecule has 0 aliphatic heterocycles. The third-order valence-corrected chi connectivity index (χ3v) is 3.90. The largest absolute Gasteiger partial charge is 0.314 e. The number of halogens is 1. The highest BCUT2D eigenvalue weighted by Gasteiger charge is 2.19. The highest BCUT2D eigenvalue weighted by molar-refractivity contribution is 7.10. The normalized spacial score (nSPS) is 15.8. The van der Waals surface area contributed by atoms with E-state index in [4.69, 9.17) is 11.6 Å². The lowest BCUT2D eigenvalue weighted by molar-refractivity contribution is 0.595. The molecule has 0 unspecified atom stereocenters. The Morgan fingerprint density at radius 3 is 2.93 bits per heavy atom. The maximum absolute atomic E-state index is 5.99.